The Morgan fingerprint density at radius 3 is 1.77 bits per heavy atom. The molecule has 0 aliphatic rings. The Labute approximate surface area is 148 Å². The lowest BCUT2D eigenvalue weighted by Crippen LogP contribution is -1.91. The predicted octanol–water partition coefficient (Wildman–Crippen LogP) is 7.06. The fraction of sp³-hybridized carbons (Fsp3) is 1.00. The normalized spacial score (nSPS) is 14.1. The summed E-state index contributed by atoms with van der Waals surface area (Å²) in [6.45, 7) is 5.04. The van der Waals surface area contributed by atoms with Crippen molar-refractivity contribution in [3.05, 3.63) is 0 Å². The number of hydrogen-bond donors (Lipinski definition) is 1. The highest BCUT2D eigenvalue weighted by Gasteiger charge is 2.13. The molecule has 134 valence electrons. The second-order valence-corrected chi connectivity index (χ2v) is 12.3. The molecule has 0 saturated heterocycles. The highest BCUT2D eigenvalue weighted by Crippen LogP contribution is 2.56. The van der Waals surface area contributed by atoms with Crippen molar-refractivity contribution in [3.8, 4) is 0 Å². The molecule has 1 atom stereocenters. The van der Waals surface area contributed by atoms with E-state index in [9.17, 15) is 4.89 Å². The summed E-state index contributed by atoms with van der Waals surface area (Å²) in [5, 5.41) is 0. The van der Waals surface area contributed by atoms with Crippen LogP contribution in [0.2, 0.25) is 0 Å². The highest BCUT2D eigenvalue weighted by molar-refractivity contribution is 8.67. The van der Waals surface area contributed by atoms with E-state index in [1.54, 1.807) is 0 Å². The second-order valence-electron chi connectivity index (χ2n) is 6.02. The Morgan fingerprint density at radius 2 is 1.23 bits per heavy atom. The Balaban J connectivity index is 3.28. The minimum Gasteiger partial charge on any atom is -0.337 e. The summed E-state index contributed by atoms with van der Waals surface area (Å²) in [7, 11) is 0. The van der Waals surface area contributed by atoms with Gasteiger partial charge < -0.3 is 9.42 Å². The van der Waals surface area contributed by atoms with Gasteiger partial charge in [-0.05, 0) is 24.6 Å². The molecular weight excluding hydrogens is 331 g/mol. The zero-order chi connectivity index (χ0) is 16.5. The standard InChI is InChI=1S/C17H37O2PS2/c1-3-5-7-8-9-10-11-12-13-15-17-22-20(18,21)19-16-14-6-4-2/h3-17H2,1-2H3,(H,18,21). The summed E-state index contributed by atoms with van der Waals surface area (Å²) < 4.78 is 5.47. The summed E-state index contributed by atoms with van der Waals surface area (Å²) in [6.07, 6.45) is 16.7. The fourth-order valence-corrected chi connectivity index (χ4v) is 5.76. The first-order valence-corrected chi connectivity index (χ1v) is 13.5. The monoisotopic (exact) mass is 368 g/mol. The molecule has 0 radical (unpaired) electrons. The van der Waals surface area contributed by atoms with Crippen LogP contribution in [0.3, 0.4) is 0 Å². The van der Waals surface area contributed by atoms with Crippen molar-refractivity contribution in [1.82, 2.24) is 0 Å². The second kappa shape index (κ2) is 16.8. The SMILES string of the molecule is CCCCCCCCCCCCSP(O)(=S)OCCCCC. The van der Waals surface area contributed by atoms with Gasteiger partial charge in [0.15, 0.2) is 0 Å². The molecule has 22 heavy (non-hydrogen) atoms. The van der Waals surface area contributed by atoms with Gasteiger partial charge in [0.1, 0.15) is 0 Å². The first-order chi connectivity index (χ1) is 10.6. The summed E-state index contributed by atoms with van der Waals surface area (Å²) in [5.41, 5.74) is -2.56. The smallest absolute Gasteiger partial charge is 0.244 e. The molecule has 0 amide bonds. The van der Waals surface area contributed by atoms with E-state index in [4.69, 9.17) is 16.3 Å². The van der Waals surface area contributed by atoms with E-state index >= 15 is 0 Å². The van der Waals surface area contributed by atoms with Gasteiger partial charge in [0, 0.05) is 5.75 Å². The van der Waals surface area contributed by atoms with Crippen LogP contribution in [0.5, 0.6) is 0 Å². The van der Waals surface area contributed by atoms with E-state index in [0.29, 0.717) is 6.61 Å². The first-order valence-electron chi connectivity index (χ1n) is 9.24. The maximum absolute atomic E-state index is 10.0. The van der Waals surface area contributed by atoms with E-state index in [-0.39, 0.29) is 0 Å². The molecule has 0 aliphatic heterocycles. The molecular formula is C17H37O2PS2. The quantitative estimate of drug-likeness (QED) is 0.220. The van der Waals surface area contributed by atoms with E-state index in [0.717, 1.165) is 25.0 Å². The molecule has 0 aromatic carbocycles. The van der Waals surface area contributed by atoms with E-state index in [1.807, 2.05) is 0 Å². The molecule has 1 unspecified atom stereocenters. The molecule has 0 saturated carbocycles. The Bertz CT molecular complexity index is 275. The lowest BCUT2D eigenvalue weighted by Gasteiger charge is -2.14. The Morgan fingerprint density at radius 1 is 0.773 bits per heavy atom. The van der Waals surface area contributed by atoms with Gasteiger partial charge in [-0.25, -0.2) is 0 Å². The van der Waals surface area contributed by atoms with Gasteiger partial charge in [0.2, 0.25) is 5.69 Å². The van der Waals surface area contributed by atoms with E-state index in [2.05, 4.69) is 13.8 Å². The van der Waals surface area contributed by atoms with Gasteiger partial charge in [-0.1, -0.05) is 95.9 Å². The summed E-state index contributed by atoms with van der Waals surface area (Å²) >= 11 is 6.64. The summed E-state index contributed by atoms with van der Waals surface area (Å²) in [4.78, 5) is 10.0. The summed E-state index contributed by atoms with van der Waals surface area (Å²) in [6, 6.07) is 0. The topological polar surface area (TPSA) is 29.5 Å². The Kier molecular flexibility index (Phi) is 17.5. The zero-order valence-corrected chi connectivity index (χ0v) is 17.3. The van der Waals surface area contributed by atoms with Crippen LogP contribution in [-0.2, 0) is 16.3 Å². The van der Waals surface area contributed by atoms with Crippen LogP contribution in [0.1, 0.15) is 97.3 Å². The third kappa shape index (κ3) is 17.3. The molecule has 0 fully saturated rings. The van der Waals surface area contributed by atoms with Crippen LogP contribution >= 0.6 is 17.1 Å². The van der Waals surface area contributed by atoms with Gasteiger partial charge in [-0.3, -0.25) is 0 Å². The van der Waals surface area contributed by atoms with Crippen molar-refractivity contribution >= 4 is 28.9 Å². The highest BCUT2D eigenvalue weighted by atomic mass is 32.9. The van der Waals surface area contributed by atoms with E-state index < -0.39 is 5.69 Å². The third-order valence-corrected chi connectivity index (χ3v) is 8.17. The molecule has 2 nitrogen and oxygen atoms in total. The van der Waals surface area contributed by atoms with Gasteiger partial charge in [-0.15, -0.1) is 0 Å². The van der Waals surface area contributed by atoms with Crippen LogP contribution in [0, 0.1) is 0 Å². The van der Waals surface area contributed by atoms with Gasteiger partial charge in [0.25, 0.3) is 0 Å². The maximum Gasteiger partial charge on any atom is 0.244 e. The van der Waals surface area contributed by atoms with Crippen LogP contribution in [0.15, 0.2) is 0 Å². The third-order valence-electron chi connectivity index (χ3n) is 3.75. The minimum absolute atomic E-state index is 0.618. The van der Waals surface area contributed by atoms with Crippen molar-refractivity contribution < 1.29 is 9.42 Å². The molecule has 0 bridgehead atoms. The summed E-state index contributed by atoms with van der Waals surface area (Å²) in [5.74, 6) is 0.943. The van der Waals surface area contributed by atoms with Gasteiger partial charge in [-0.2, -0.15) is 0 Å². The van der Waals surface area contributed by atoms with Crippen molar-refractivity contribution in [1.29, 1.82) is 0 Å². The zero-order valence-electron chi connectivity index (χ0n) is 14.7. The number of unbranched alkanes of at least 4 members (excludes halogenated alkanes) is 11. The molecule has 1 N–H and O–H groups in total. The van der Waals surface area contributed by atoms with E-state index in [1.165, 1.54) is 75.6 Å². The maximum atomic E-state index is 10.0. The number of hydrogen-bond acceptors (Lipinski definition) is 3. The van der Waals surface area contributed by atoms with Crippen LogP contribution in [0.4, 0.5) is 0 Å². The average molecular weight is 369 g/mol. The fourth-order valence-electron chi connectivity index (χ4n) is 2.34. The number of rotatable bonds is 17. The lowest BCUT2D eigenvalue weighted by molar-refractivity contribution is 0.309. The molecule has 0 aromatic rings. The van der Waals surface area contributed by atoms with Crippen LogP contribution in [-0.4, -0.2) is 17.3 Å². The van der Waals surface area contributed by atoms with Crippen molar-refractivity contribution in [2.45, 2.75) is 97.3 Å². The van der Waals surface area contributed by atoms with Crippen molar-refractivity contribution in [2.75, 3.05) is 12.4 Å². The lowest BCUT2D eigenvalue weighted by atomic mass is 10.1. The van der Waals surface area contributed by atoms with Crippen LogP contribution in [0.25, 0.3) is 0 Å². The molecule has 0 rings (SSSR count). The average Bonchev–Trinajstić information content (AvgIpc) is 2.49. The van der Waals surface area contributed by atoms with Crippen LogP contribution < -0.4 is 0 Å². The predicted molar refractivity (Wildman–Crippen MR) is 106 cm³/mol. The molecule has 5 heteroatoms. The molecule has 0 heterocycles. The minimum atomic E-state index is -2.56. The van der Waals surface area contributed by atoms with Crippen molar-refractivity contribution in [2.24, 2.45) is 0 Å². The molecule has 0 aliphatic carbocycles. The molecule has 0 aromatic heterocycles. The Hall–Kier alpha value is 0.920. The van der Waals surface area contributed by atoms with Gasteiger partial charge >= 0.3 is 0 Å². The molecule has 0 spiro atoms. The first kappa shape index (κ1) is 22.9. The van der Waals surface area contributed by atoms with Crippen molar-refractivity contribution in [3.63, 3.8) is 0 Å². The van der Waals surface area contributed by atoms with Gasteiger partial charge in [0.05, 0.1) is 6.61 Å². The largest absolute Gasteiger partial charge is 0.337 e.